The van der Waals surface area contributed by atoms with E-state index >= 15 is 0 Å². The van der Waals surface area contributed by atoms with Crippen LogP contribution in [0.3, 0.4) is 0 Å². The average Bonchev–Trinajstić information content (AvgIpc) is 2.54. The zero-order valence-electron chi connectivity index (χ0n) is 14.2. The molecule has 0 fully saturated rings. The zero-order chi connectivity index (χ0) is 17.5. The van der Waals surface area contributed by atoms with Crippen molar-refractivity contribution >= 4 is 27.5 Å². The molecule has 2 rings (SSSR count). The van der Waals surface area contributed by atoms with Crippen molar-refractivity contribution in [2.24, 2.45) is 0 Å². The van der Waals surface area contributed by atoms with E-state index in [0.717, 1.165) is 31.9 Å². The van der Waals surface area contributed by atoms with Crippen LogP contribution >= 0.6 is 27.5 Å². The number of methoxy groups -OCH3 is 1. The van der Waals surface area contributed by atoms with Gasteiger partial charge < -0.3 is 14.2 Å². The van der Waals surface area contributed by atoms with Crippen molar-refractivity contribution in [3.63, 3.8) is 0 Å². The number of aryl methyl sites for hydroxylation is 1. The van der Waals surface area contributed by atoms with Crippen molar-refractivity contribution in [1.82, 2.24) is 0 Å². The van der Waals surface area contributed by atoms with Crippen LogP contribution in [-0.4, -0.2) is 20.5 Å². The van der Waals surface area contributed by atoms with Gasteiger partial charge in [0.05, 0.1) is 13.2 Å². The van der Waals surface area contributed by atoms with E-state index in [4.69, 9.17) is 25.8 Å². The highest BCUT2D eigenvalue weighted by molar-refractivity contribution is 9.10. The highest BCUT2D eigenvalue weighted by Crippen LogP contribution is 2.31. The second kappa shape index (κ2) is 9.42. The molecule has 0 saturated carbocycles. The average molecular weight is 414 g/mol. The van der Waals surface area contributed by atoms with Crippen LogP contribution in [0.15, 0.2) is 34.8 Å². The molecule has 0 spiro atoms. The Labute approximate surface area is 157 Å². The minimum Gasteiger partial charge on any atom is -0.494 e. The first-order chi connectivity index (χ1) is 11.5. The summed E-state index contributed by atoms with van der Waals surface area (Å²) in [6, 6.07) is 10.2. The number of hydrogen-bond donors (Lipinski definition) is 0. The van der Waals surface area contributed by atoms with Crippen LogP contribution < -0.4 is 4.74 Å². The molecule has 2 aromatic rings. The van der Waals surface area contributed by atoms with Crippen LogP contribution in [0, 0.1) is 6.92 Å². The smallest absolute Gasteiger partial charge is 0.146 e. The Morgan fingerprint density at radius 1 is 1.08 bits per heavy atom. The summed E-state index contributed by atoms with van der Waals surface area (Å²) in [5, 5.41) is 0.720. The molecule has 3 nitrogen and oxygen atoms in total. The maximum Gasteiger partial charge on any atom is 0.146 e. The fourth-order valence-electron chi connectivity index (χ4n) is 2.41. The third kappa shape index (κ3) is 5.21. The van der Waals surface area contributed by atoms with E-state index in [0.29, 0.717) is 19.6 Å². The van der Waals surface area contributed by atoms with Crippen molar-refractivity contribution in [2.45, 2.75) is 26.9 Å². The molecule has 0 N–H and O–H groups in total. The molecular weight excluding hydrogens is 392 g/mol. The molecule has 0 radical (unpaired) electrons. The monoisotopic (exact) mass is 412 g/mol. The number of rotatable bonds is 8. The zero-order valence-corrected chi connectivity index (χ0v) is 16.5. The minimum atomic E-state index is 0.257. The van der Waals surface area contributed by atoms with Crippen molar-refractivity contribution in [3.05, 3.63) is 62.1 Å². The van der Waals surface area contributed by atoms with E-state index in [1.54, 1.807) is 7.11 Å². The van der Waals surface area contributed by atoms with Gasteiger partial charge in [0.1, 0.15) is 12.5 Å². The van der Waals surface area contributed by atoms with E-state index in [9.17, 15) is 0 Å². The Hall–Kier alpha value is -1.07. The van der Waals surface area contributed by atoms with E-state index in [2.05, 4.69) is 41.1 Å². The van der Waals surface area contributed by atoms with Crippen LogP contribution in [0.1, 0.15) is 29.2 Å². The molecule has 0 heterocycles. The van der Waals surface area contributed by atoms with Gasteiger partial charge in [-0.15, -0.1) is 0 Å². The Balaban J connectivity index is 2.22. The third-order valence-corrected chi connectivity index (χ3v) is 4.67. The van der Waals surface area contributed by atoms with Gasteiger partial charge in [0.25, 0.3) is 0 Å². The molecule has 0 aromatic heterocycles. The Kier molecular flexibility index (Phi) is 7.56. The Morgan fingerprint density at radius 2 is 1.88 bits per heavy atom. The molecular formula is C19H22BrClO3. The lowest BCUT2D eigenvalue weighted by molar-refractivity contribution is -0.0392. The molecule has 0 unspecified atom stereocenters. The van der Waals surface area contributed by atoms with Gasteiger partial charge >= 0.3 is 0 Å². The summed E-state index contributed by atoms with van der Waals surface area (Å²) >= 11 is 10.1. The normalized spacial score (nSPS) is 10.9. The SMILES string of the molecule is CCOc1cc(C)ccc1Cc1cc(Br)c(COCOC)cc1Cl. The maximum absolute atomic E-state index is 6.48. The lowest BCUT2D eigenvalue weighted by Gasteiger charge is -2.14. The molecule has 0 bridgehead atoms. The number of ether oxygens (including phenoxy) is 3. The Morgan fingerprint density at radius 3 is 2.58 bits per heavy atom. The summed E-state index contributed by atoms with van der Waals surface area (Å²) in [4.78, 5) is 0. The molecule has 0 atom stereocenters. The molecule has 0 saturated heterocycles. The van der Waals surface area contributed by atoms with Gasteiger partial charge in [-0.2, -0.15) is 0 Å². The second-order valence-electron chi connectivity index (χ2n) is 5.51. The summed E-state index contributed by atoms with van der Waals surface area (Å²) < 4.78 is 17.0. The molecule has 24 heavy (non-hydrogen) atoms. The molecule has 2 aromatic carbocycles. The van der Waals surface area contributed by atoms with Crippen molar-refractivity contribution in [2.75, 3.05) is 20.5 Å². The van der Waals surface area contributed by atoms with Gasteiger partial charge in [0.15, 0.2) is 0 Å². The molecule has 0 aliphatic carbocycles. The second-order valence-corrected chi connectivity index (χ2v) is 6.77. The van der Waals surface area contributed by atoms with E-state index in [1.165, 1.54) is 5.56 Å². The quantitative estimate of drug-likeness (QED) is 0.421. The topological polar surface area (TPSA) is 27.7 Å². The minimum absolute atomic E-state index is 0.257. The summed E-state index contributed by atoms with van der Waals surface area (Å²) in [6.45, 7) is 5.40. The van der Waals surface area contributed by atoms with E-state index < -0.39 is 0 Å². The molecule has 0 amide bonds. The third-order valence-electron chi connectivity index (χ3n) is 3.58. The number of halogens is 2. The van der Waals surface area contributed by atoms with Gasteiger partial charge in [-0.25, -0.2) is 0 Å². The summed E-state index contributed by atoms with van der Waals surface area (Å²) in [5.41, 5.74) is 4.35. The van der Waals surface area contributed by atoms with Gasteiger partial charge in [-0.05, 0) is 54.3 Å². The molecule has 0 aliphatic heterocycles. The van der Waals surface area contributed by atoms with Crippen LogP contribution in [0.5, 0.6) is 5.75 Å². The molecule has 0 aliphatic rings. The first-order valence-corrected chi connectivity index (χ1v) is 8.98. The number of benzene rings is 2. The predicted molar refractivity (Wildman–Crippen MR) is 101 cm³/mol. The molecule has 130 valence electrons. The Bertz CT molecular complexity index is 689. The highest BCUT2D eigenvalue weighted by Gasteiger charge is 2.11. The lowest BCUT2D eigenvalue weighted by atomic mass is 10.0. The number of hydrogen-bond acceptors (Lipinski definition) is 3. The van der Waals surface area contributed by atoms with Crippen molar-refractivity contribution < 1.29 is 14.2 Å². The summed E-state index contributed by atoms with van der Waals surface area (Å²) in [5.74, 6) is 0.914. The van der Waals surface area contributed by atoms with Gasteiger partial charge in [0, 0.05) is 23.0 Å². The fourth-order valence-corrected chi connectivity index (χ4v) is 3.17. The van der Waals surface area contributed by atoms with Crippen LogP contribution in [0.25, 0.3) is 0 Å². The first-order valence-electron chi connectivity index (χ1n) is 7.81. The van der Waals surface area contributed by atoms with Gasteiger partial charge in [-0.3, -0.25) is 0 Å². The largest absolute Gasteiger partial charge is 0.494 e. The maximum atomic E-state index is 6.48. The van der Waals surface area contributed by atoms with Crippen LogP contribution in [0.4, 0.5) is 0 Å². The molecule has 5 heteroatoms. The lowest BCUT2D eigenvalue weighted by Crippen LogP contribution is -2.01. The van der Waals surface area contributed by atoms with Crippen molar-refractivity contribution in [3.8, 4) is 5.75 Å². The van der Waals surface area contributed by atoms with Gasteiger partial charge in [-0.1, -0.05) is 39.7 Å². The standard InChI is InChI=1S/C19H22BrClO3/c1-4-24-19-7-13(2)5-6-14(19)8-15-9-17(20)16(10-18(15)21)11-23-12-22-3/h5-7,9-10H,4,8,11-12H2,1-3H3. The first kappa shape index (κ1) is 19.3. The van der Waals surface area contributed by atoms with Crippen LogP contribution in [0.2, 0.25) is 5.02 Å². The summed E-state index contributed by atoms with van der Waals surface area (Å²) in [7, 11) is 1.60. The summed E-state index contributed by atoms with van der Waals surface area (Å²) in [6.07, 6.45) is 0.715. The van der Waals surface area contributed by atoms with Gasteiger partial charge in [0.2, 0.25) is 0 Å². The van der Waals surface area contributed by atoms with E-state index in [-0.39, 0.29) is 6.79 Å². The highest BCUT2D eigenvalue weighted by atomic mass is 79.9. The predicted octanol–water partition coefficient (Wildman–Crippen LogP) is 5.52. The van der Waals surface area contributed by atoms with Crippen LogP contribution in [-0.2, 0) is 22.5 Å². The van der Waals surface area contributed by atoms with E-state index in [1.807, 2.05) is 19.1 Å². The van der Waals surface area contributed by atoms with Crippen molar-refractivity contribution in [1.29, 1.82) is 0 Å². The fraction of sp³-hybridized carbons (Fsp3) is 0.368.